The van der Waals surface area contributed by atoms with Crippen LogP contribution in [0.25, 0.3) is 0 Å². The molecule has 0 fully saturated rings. The first-order chi connectivity index (χ1) is 11.9. The lowest BCUT2D eigenvalue weighted by atomic mass is 10.00. The molecule has 26 heavy (non-hydrogen) atoms. The van der Waals surface area contributed by atoms with Crippen molar-refractivity contribution in [3.63, 3.8) is 0 Å². The van der Waals surface area contributed by atoms with Crippen LogP contribution in [0.15, 0.2) is 33.8 Å². The highest BCUT2D eigenvalue weighted by Gasteiger charge is 2.17. The van der Waals surface area contributed by atoms with E-state index in [0.717, 1.165) is 40.1 Å². The molecule has 2 atom stereocenters. The van der Waals surface area contributed by atoms with Gasteiger partial charge in [0.15, 0.2) is 5.96 Å². The van der Waals surface area contributed by atoms with E-state index in [4.69, 9.17) is 21.1 Å². The summed E-state index contributed by atoms with van der Waals surface area (Å²) in [5.41, 5.74) is 3.12. The third-order valence-corrected chi connectivity index (χ3v) is 4.52. The highest BCUT2D eigenvalue weighted by molar-refractivity contribution is 14.0. The van der Waals surface area contributed by atoms with Crippen LogP contribution < -0.4 is 10.6 Å². The molecular formula is C19H28ClIN4O. The molecule has 0 aliphatic rings. The number of aliphatic imine (C=N–C) groups is 1. The number of aryl methyl sites for hydroxylation is 2. The van der Waals surface area contributed by atoms with Gasteiger partial charge in [-0.25, -0.2) is 0 Å². The first-order valence-corrected chi connectivity index (χ1v) is 9.03. The van der Waals surface area contributed by atoms with Crippen molar-refractivity contribution in [3.05, 3.63) is 51.9 Å². The summed E-state index contributed by atoms with van der Waals surface area (Å²) in [4.78, 5) is 4.73. The molecule has 1 aromatic heterocycles. The van der Waals surface area contributed by atoms with Crippen LogP contribution in [0.1, 0.15) is 55.3 Å². The predicted molar refractivity (Wildman–Crippen MR) is 119 cm³/mol. The van der Waals surface area contributed by atoms with Crippen molar-refractivity contribution >= 4 is 41.5 Å². The average Bonchev–Trinajstić information content (AvgIpc) is 2.91. The summed E-state index contributed by atoms with van der Waals surface area (Å²) in [6.07, 6.45) is 0. The fourth-order valence-electron chi connectivity index (χ4n) is 2.94. The van der Waals surface area contributed by atoms with E-state index < -0.39 is 0 Å². The summed E-state index contributed by atoms with van der Waals surface area (Å²) in [6, 6.07) is 7.90. The number of guanidine groups is 1. The lowest BCUT2D eigenvalue weighted by Gasteiger charge is -2.19. The first-order valence-electron chi connectivity index (χ1n) is 8.66. The van der Waals surface area contributed by atoms with Crippen molar-refractivity contribution in [3.8, 4) is 0 Å². The Kier molecular flexibility index (Phi) is 9.43. The van der Waals surface area contributed by atoms with Gasteiger partial charge in [-0.3, -0.25) is 4.99 Å². The van der Waals surface area contributed by atoms with Gasteiger partial charge in [-0.05, 0) is 39.3 Å². The van der Waals surface area contributed by atoms with Crippen LogP contribution in [-0.2, 0) is 0 Å². The van der Waals surface area contributed by atoms with E-state index in [1.807, 2.05) is 38.1 Å². The first kappa shape index (κ1) is 22.8. The van der Waals surface area contributed by atoms with Crippen molar-refractivity contribution < 1.29 is 4.52 Å². The molecule has 0 spiro atoms. The zero-order valence-corrected chi connectivity index (χ0v) is 19.1. The Bertz CT molecular complexity index is 713. The van der Waals surface area contributed by atoms with Gasteiger partial charge in [-0.1, -0.05) is 41.9 Å². The molecule has 2 rings (SSSR count). The predicted octanol–water partition coefficient (Wildman–Crippen LogP) is 4.98. The summed E-state index contributed by atoms with van der Waals surface area (Å²) in [5.74, 6) is 1.87. The van der Waals surface area contributed by atoms with Crippen molar-refractivity contribution in [2.24, 2.45) is 4.99 Å². The van der Waals surface area contributed by atoms with Gasteiger partial charge in [0.05, 0.1) is 11.7 Å². The number of benzene rings is 1. The molecule has 0 aliphatic heterocycles. The Hall–Kier alpha value is -1.28. The molecular weight excluding hydrogens is 463 g/mol. The van der Waals surface area contributed by atoms with E-state index in [1.165, 1.54) is 0 Å². The number of halogens is 2. The molecule has 2 N–H and O–H groups in total. The van der Waals surface area contributed by atoms with Crippen molar-refractivity contribution in [2.45, 2.75) is 46.6 Å². The molecule has 1 aromatic carbocycles. The van der Waals surface area contributed by atoms with E-state index in [9.17, 15) is 0 Å². The van der Waals surface area contributed by atoms with Crippen molar-refractivity contribution in [1.82, 2.24) is 15.8 Å². The summed E-state index contributed by atoms with van der Waals surface area (Å²) in [6.45, 7) is 11.6. The zero-order valence-electron chi connectivity index (χ0n) is 16.0. The number of hydrogen-bond acceptors (Lipinski definition) is 3. The fourth-order valence-corrected chi connectivity index (χ4v) is 3.24. The standard InChI is InChI=1S/C19H27ClN4O.HI/c1-6-21-19(23-13(3)16-9-7-8-10-17(16)20)22-11-12(2)18-14(4)24-25-15(18)5;/h7-10,12-13H,6,11H2,1-5H3,(H2,21,22,23);1H. The smallest absolute Gasteiger partial charge is 0.191 e. The summed E-state index contributed by atoms with van der Waals surface area (Å²) < 4.78 is 5.26. The molecule has 0 saturated heterocycles. The number of nitrogens with zero attached hydrogens (tertiary/aromatic N) is 2. The van der Waals surface area contributed by atoms with Crippen LogP contribution in [-0.4, -0.2) is 24.2 Å². The minimum absolute atomic E-state index is 0. The lowest BCUT2D eigenvalue weighted by Crippen LogP contribution is -2.39. The van der Waals surface area contributed by atoms with Gasteiger partial charge in [0, 0.05) is 29.6 Å². The normalized spacial score (nSPS) is 13.7. The van der Waals surface area contributed by atoms with E-state index in [0.29, 0.717) is 6.54 Å². The van der Waals surface area contributed by atoms with E-state index in [-0.39, 0.29) is 35.9 Å². The quantitative estimate of drug-likeness (QED) is 0.340. The third-order valence-electron chi connectivity index (χ3n) is 4.17. The maximum absolute atomic E-state index is 6.29. The van der Waals surface area contributed by atoms with Crippen LogP contribution in [0.5, 0.6) is 0 Å². The molecule has 0 bridgehead atoms. The van der Waals surface area contributed by atoms with Crippen LogP contribution >= 0.6 is 35.6 Å². The van der Waals surface area contributed by atoms with Gasteiger partial charge in [0.25, 0.3) is 0 Å². The Labute approximate surface area is 178 Å². The topological polar surface area (TPSA) is 62.5 Å². The number of hydrogen-bond donors (Lipinski definition) is 2. The highest BCUT2D eigenvalue weighted by atomic mass is 127. The van der Waals surface area contributed by atoms with Gasteiger partial charge in [0.1, 0.15) is 5.76 Å². The second-order valence-electron chi connectivity index (χ2n) is 6.25. The maximum atomic E-state index is 6.29. The monoisotopic (exact) mass is 490 g/mol. The molecule has 0 radical (unpaired) electrons. The SMILES string of the molecule is CCNC(=NCC(C)c1c(C)noc1C)NC(C)c1ccccc1Cl.I. The van der Waals surface area contributed by atoms with Gasteiger partial charge < -0.3 is 15.2 Å². The largest absolute Gasteiger partial charge is 0.361 e. The lowest BCUT2D eigenvalue weighted by molar-refractivity contribution is 0.391. The number of rotatable bonds is 6. The van der Waals surface area contributed by atoms with Crippen LogP contribution in [0.4, 0.5) is 0 Å². The molecule has 7 heteroatoms. The van der Waals surface area contributed by atoms with Crippen LogP contribution in [0.2, 0.25) is 5.02 Å². The molecule has 2 unspecified atom stereocenters. The highest BCUT2D eigenvalue weighted by Crippen LogP contribution is 2.24. The number of aromatic nitrogens is 1. The maximum Gasteiger partial charge on any atom is 0.191 e. The third kappa shape index (κ3) is 5.87. The average molecular weight is 491 g/mol. The summed E-state index contributed by atoms with van der Waals surface area (Å²) in [7, 11) is 0. The molecule has 144 valence electrons. The Morgan fingerprint density at radius 3 is 2.54 bits per heavy atom. The zero-order chi connectivity index (χ0) is 18.4. The van der Waals surface area contributed by atoms with Gasteiger partial charge in [0.2, 0.25) is 0 Å². The van der Waals surface area contributed by atoms with Crippen molar-refractivity contribution in [2.75, 3.05) is 13.1 Å². The minimum atomic E-state index is 0. The Morgan fingerprint density at radius 2 is 1.96 bits per heavy atom. The van der Waals surface area contributed by atoms with Gasteiger partial charge in [-0.2, -0.15) is 0 Å². The minimum Gasteiger partial charge on any atom is -0.361 e. The summed E-state index contributed by atoms with van der Waals surface area (Å²) in [5, 5.41) is 11.5. The molecule has 1 heterocycles. The Balaban J connectivity index is 0.00000338. The van der Waals surface area contributed by atoms with Gasteiger partial charge in [-0.15, -0.1) is 24.0 Å². The van der Waals surface area contributed by atoms with E-state index in [2.05, 4.69) is 36.6 Å². The molecule has 5 nitrogen and oxygen atoms in total. The fraction of sp³-hybridized carbons (Fsp3) is 0.474. The molecule has 2 aromatic rings. The van der Waals surface area contributed by atoms with E-state index >= 15 is 0 Å². The summed E-state index contributed by atoms with van der Waals surface area (Å²) >= 11 is 6.29. The van der Waals surface area contributed by atoms with E-state index in [1.54, 1.807) is 0 Å². The second kappa shape index (κ2) is 10.8. The van der Waals surface area contributed by atoms with Crippen molar-refractivity contribution in [1.29, 1.82) is 0 Å². The van der Waals surface area contributed by atoms with Crippen LogP contribution in [0, 0.1) is 13.8 Å². The Morgan fingerprint density at radius 1 is 1.27 bits per heavy atom. The molecule has 0 amide bonds. The number of nitrogens with one attached hydrogen (secondary N) is 2. The van der Waals surface area contributed by atoms with Gasteiger partial charge >= 0.3 is 0 Å². The second-order valence-corrected chi connectivity index (χ2v) is 6.65. The van der Waals surface area contributed by atoms with Crippen LogP contribution in [0.3, 0.4) is 0 Å². The molecule has 0 aliphatic carbocycles. The molecule has 0 saturated carbocycles.